The molecule has 238 valence electrons. The van der Waals surface area contributed by atoms with Crippen molar-refractivity contribution in [2.45, 2.75) is 0 Å². The summed E-state index contributed by atoms with van der Waals surface area (Å²) in [5.41, 5.74) is 13.3. The van der Waals surface area contributed by atoms with Crippen LogP contribution in [0.1, 0.15) is 0 Å². The summed E-state index contributed by atoms with van der Waals surface area (Å²) in [6, 6.07) is 69.9. The number of hydrogen-bond acceptors (Lipinski definition) is 1. The van der Waals surface area contributed by atoms with Gasteiger partial charge in [0.15, 0.2) is 0 Å². The van der Waals surface area contributed by atoms with Crippen LogP contribution in [-0.2, 0) is 0 Å². The van der Waals surface area contributed by atoms with Gasteiger partial charge in [-0.3, -0.25) is 0 Å². The molecule has 0 unspecified atom stereocenters. The number of furan rings is 1. The molecule has 1 heterocycles. The second kappa shape index (κ2) is 12.0. The molecular formula is C50H32O. The molecule has 1 nitrogen and oxygen atoms in total. The molecule has 1 aromatic heterocycles. The van der Waals surface area contributed by atoms with E-state index in [0.29, 0.717) is 0 Å². The van der Waals surface area contributed by atoms with E-state index < -0.39 is 0 Å². The number of benzene rings is 9. The van der Waals surface area contributed by atoms with Crippen LogP contribution in [0.4, 0.5) is 0 Å². The molecule has 0 bridgehead atoms. The van der Waals surface area contributed by atoms with Crippen molar-refractivity contribution in [3.05, 3.63) is 194 Å². The molecule has 0 N–H and O–H groups in total. The molecule has 51 heavy (non-hydrogen) atoms. The van der Waals surface area contributed by atoms with E-state index in [1.54, 1.807) is 0 Å². The maximum absolute atomic E-state index is 7.08. The van der Waals surface area contributed by atoms with Crippen molar-refractivity contribution in [1.29, 1.82) is 0 Å². The number of hydrogen-bond donors (Lipinski definition) is 0. The van der Waals surface area contributed by atoms with Crippen LogP contribution in [0.5, 0.6) is 0 Å². The van der Waals surface area contributed by atoms with E-state index in [0.717, 1.165) is 49.8 Å². The van der Waals surface area contributed by atoms with Crippen LogP contribution in [0.15, 0.2) is 199 Å². The van der Waals surface area contributed by atoms with Gasteiger partial charge in [0, 0.05) is 21.9 Å². The van der Waals surface area contributed by atoms with Crippen LogP contribution in [0, 0.1) is 0 Å². The van der Waals surface area contributed by atoms with Gasteiger partial charge in [0.2, 0.25) is 0 Å². The van der Waals surface area contributed by atoms with Crippen molar-refractivity contribution >= 4 is 43.5 Å². The zero-order valence-electron chi connectivity index (χ0n) is 27.9. The van der Waals surface area contributed by atoms with Gasteiger partial charge < -0.3 is 4.42 Å². The molecule has 9 aromatic carbocycles. The molecular weight excluding hydrogens is 617 g/mol. The van der Waals surface area contributed by atoms with E-state index in [1.165, 1.54) is 49.4 Å². The molecule has 1 heteroatoms. The Bertz CT molecular complexity index is 2880. The molecule has 0 saturated heterocycles. The van der Waals surface area contributed by atoms with Crippen LogP contribution >= 0.6 is 0 Å². The molecule has 0 aliphatic carbocycles. The Hall–Kier alpha value is -6.70. The largest absolute Gasteiger partial charge is 0.455 e. The van der Waals surface area contributed by atoms with Gasteiger partial charge in [-0.2, -0.15) is 0 Å². The van der Waals surface area contributed by atoms with Gasteiger partial charge in [0.1, 0.15) is 11.2 Å². The van der Waals surface area contributed by atoms with E-state index in [1.807, 2.05) is 0 Å². The first-order valence-corrected chi connectivity index (χ1v) is 17.5. The van der Waals surface area contributed by atoms with Crippen LogP contribution in [0.2, 0.25) is 0 Å². The third-order valence-electron chi connectivity index (χ3n) is 10.2. The summed E-state index contributed by atoms with van der Waals surface area (Å²) >= 11 is 0. The molecule has 0 aliphatic heterocycles. The topological polar surface area (TPSA) is 13.1 Å². The lowest BCUT2D eigenvalue weighted by Gasteiger charge is -2.13. The molecule has 10 aromatic rings. The number of rotatable bonds is 5. The lowest BCUT2D eigenvalue weighted by molar-refractivity contribution is 0.671. The van der Waals surface area contributed by atoms with Crippen molar-refractivity contribution in [3.8, 4) is 55.6 Å². The summed E-state index contributed by atoms with van der Waals surface area (Å²) in [5.74, 6) is 0. The van der Waals surface area contributed by atoms with Crippen LogP contribution in [-0.4, -0.2) is 0 Å². The zero-order valence-corrected chi connectivity index (χ0v) is 27.9. The van der Waals surface area contributed by atoms with E-state index in [9.17, 15) is 0 Å². The Labute approximate surface area is 296 Å². The average Bonchev–Trinajstić information content (AvgIpc) is 3.59. The summed E-state index contributed by atoms with van der Waals surface area (Å²) < 4.78 is 7.08. The fourth-order valence-electron chi connectivity index (χ4n) is 7.77. The molecule has 0 atom stereocenters. The van der Waals surface area contributed by atoms with Crippen molar-refractivity contribution in [3.63, 3.8) is 0 Å². The average molecular weight is 649 g/mol. The van der Waals surface area contributed by atoms with E-state index >= 15 is 0 Å². The van der Waals surface area contributed by atoms with Gasteiger partial charge >= 0.3 is 0 Å². The van der Waals surface area contributed by atoms with E-state index in [2.05, 4.69) is 194 Å². The first-order chi connectivity index (χ1) is 25.3. The summed E-state index contributed by atoms with van der Waals surface area (Å²) in [7, 11) is 0. The third-order valence-corrected chi connectivity index (χ3v) is 10.2. The molecule has 0 spiro atoms. The second-order valence-corrected chi connectivity index (χ2v) is 13.3. The van der Waals surface area contributed by atoms with Gasteiger partial charge in [0.25, 0.3) is 0 Å². The predicted molar refractivity (Wildman–Crippen MR) is 216 cm³/mol. The van der Waals surface area contributed by atoms with Crippen LogP contribution in [0.3, 0.4) is 0 Å². The highest BCUT2D eigenvalue weighted by atomic mass is 16.3. The minimum absolute atomic E-state index is 0.896. The van der Waals surface area contributed by atoms with Gasteiger partial charge in [-0.1, -0.05) is 158 Å². The van der Waals surface area contributed by atoms with Gasteiger partial charge in [-0.25, -0.2) is 0 Å². The monoisotopic (exact) mass is 648 g/mol. The summed E-state index contributed by atoms with van der Waals surface area (Å²) in [6.45, 7) is 0. The molecule has 0 fully saturated rings. The smallest absolute Gasteiger partial charge is 0.143 e. The normalized spacial score (nSPS) is 11.5. The Morgan fingerprint density at radius 2 is 0.686 bits per heavy atom. The van der Waals surface area contributed by atoms with Crippen LogP contribution in [0.25, 0.3) is 99.1 Å². The van der Waals surface area contributed by atoms with Crippen molar-refractivity contribution in [2.75, 3.05) is 0 Å². The third kappa shape index (κ3) is 5.02. The Balaban J connectivity index is 1.26. The van der Waals surface area contributed by atoms with Crippen LogP contribution < -0.4 is 0 Å². The summed E-state index contributed by atoms with van der Waals surface area (Å²) in [4.78, 5) is 0. The maximum Gasteiger partial charge on any atom is 0.143 e. The lowest BCUT2D eigenvalue weighted by atomic mass is 9.90. The molecule has 0 amide bonds. The van der Waals surface area contributed by atoms with Gasteiger partial charge in [0.05, 0.1) is 0 Å². The molecule has 10 rings (SSSR count). The van der Waals surface area contributed by atoms with Crippen molar-refractivity contribution < 1.29 is 4.42 Å². The highest BCUT2D eigenvalue weighted by Gasteiger charge is 2.20. The van der Waals surface area contributed by atoms with Gasteiger partial charge in [-0.15, -0.1) is 0 Å². The Morgan fingerprint density at radius 3 is 1.29 bits per heavy atom. The summed E-state index contributed by atoms with van der Waals surface area (Å²) in [6.07, 6.45) is 0. The highest BCUT2D eigenvalue weighted by Crippen LogP contribution is 2.45. The van der Waals surface area contributed by atoms with Crippen molar-refractivity contribution in [2.24, 2.45) is 0 Å². The Morgan fingerprint density at radius 1 is 0.235 bits per heavy atom. The standard InChI is InChI=1S/C50H32O/c1-4-15-33(16-5-1)39-29-45(35-19-8-3-9-20-35)49-47(31-39)48-32-40(34-17-6-2-7-18-34)30-46(50(48)51-49)37-23-14-22-36(27-37)44-28-38-21-10-11-24-41(38)42-25-12-13-26-43(42)44/h1-32H. The van der Waals surface area contributed by atoms with Gasteiger partial charge in [-0.05, 0) is 102 Å². The highest BCUT2D eigenvalue weighted by molar-refractivity contribution is 6.17. The minimum atomic E-state index is 0.896. The fraction of sp³-hybridized carbons (Fsp3) is 0. The van der Waals surface area contributed by atoms with Crippen molar-refractivity contribution in [1.82, 2.24) is 0 Å². The maximum atomic E-state index is 7.08. The fourth-order valence-corrected chi connectivity index (χ4v) is 7.77. The predicted octanol–water partition coefficient (Wildman–Crippen LogP) is 14.2. The summed E-state index contributed by atoms with van der Waals surface area (Å²) in [5, 5.41) is 7.26. The second-order valence-electron chi connectivity index (χ2n) is 13.3. The molecule has 0 radical (unpaired) electrons. The quantitative estimate of drug-likeness (QED) is 0.169. The first kappa shape index (κ1) is 29.2. The molecule has 0 saturated carbocycles. The minimum Gasteiger partial charge on any atom is -0.455 e. The van der Waals surface area contributed by atoms with E-state index in [-0.39, 0.29) is 0 Å². The van der Waals surface area contributed by atoms with E-state index in [4.69, 9.17) is 4.42 Å². The number of fused-ring (bicyclic) bond motifs is 6. The Kier molecular flexibility index (Phi) is 6.89. The molecule has 0 aliphatic rings. The SMILES string of the molecule is c1ccc(-c2cc(-c3ccccc3)c3oc4c(-c5cccc(-c6cc7ccccc7c7ccccc67)c5)cc(-c5ccccc5)cc4c3c2)cc1. The zero-order chi connectivity index (χ0) is 33.7. The first-order valence-electron chi connectivity index (χ1n) is 17.5. The lowest BCUT2D eigenvalue weighted by Crippen LogP contribution is -1.87.